The van der Waals surface area contributed by atoms with Gasteiger partial charge in [-0.1, -0.05) is 57.5 Å². The molecule has 3 amide bonds. The molecule has 0 spiro atoms. The van der Waals surface area contributed by atoms with Crippen molar-refractivity contribution in [1.82, 2.24) is 15.5 Å². The van der Waals surface area contributed by atoms with Crippen molar-refractivity contribution in [2.75, 3.05) is 20.1 Å². The summed E-state index contributed by atoms with van der Waals surface area (Å²) in [5.74, 6) is -0.484. The van der Waals surface area contributed by atoms with E-state index in [1.54, 1.807) is 25.2 Å². The summed E-state index contributed by atoms with van der Waals surface area (Å²) in [6.07, 6.45) is 0.841. The van der Waals surface area contributed by atoms with Gasteiger partial charge in [0.15, 0.2) is 0 Å². The molecule has 0 aliphatic carbocycles. The van der Waals surface area contributed by atoms with Gasteiger partial charge in [0.2, 0.25) is 5.91 Å². The molecule has 2 aromatic rings. The molecule has 2 aromatic carbocycles. The summed E-state index contributed by atoms with van der Waals surface area (Å²) < 4.78 is 0. The van der Waals surface area contributed by atoms with Crippen LogP contribution in [0.25, 0.3) is 0 Å². The molecule has 182 valence electrons. The highest BCUT2D eigenvalue weighted by Gasteiger charge is 2.40. The van der Waals surface area contributed by atoms with Crippen molar-refractivity contribution in [3.63, 3.8) is 0 Å². The number of halogens is 1. The van der Waals surface area contributed by atoms with Crippen molar-refractivity contribution < 1.29 is 14.4 Å². The van der Waals surface area contributed by atoms with Gasteiger partial charge in [0.25, 0.3) is 11.8 Å². The first-order valence-corrected chi connectivity index (χ1v) is 12.1. The number of hydrogen-bond acceptors (Lipinski definition) is 3. The van der Waals surface area contributed by atoms with Crippen LogP contribution in [0.5, 0.6) is 0 Å². The molecule has 2 unspecified atom stereocenters. The Kier molecular flexibility index (Phi) is 8.03. The maximum Gasteiger partial charge on any atom is 0.251 e. The molecule has 3 rings (SSSR count). The van der Waals surface area contributed by atoms with Gasteiger partial charge in [-0.3, -0.25) is 14.4 Å². The molecule has 2 N–H and O–H groups in total. The minimum atomic E-state index is -0.654. The van der Waals surface area contributed by atoms with Crippen LogP contribution in [0.4, 0.5) is 0 Å². The van der Waals surface area contributed by atoms with E-state index in [2.05, 4.69) is 36.6 Å². The molecule has 1 aliphatic rings. The second kappa shape index (κ2) is 10.6. The van der Waals surface area contributed by atoms with Gasteiger partial charge in [0, 0.05) is 36.3 Å². The van der Waals surface area contributed by atoms with Crippen molar-refractivity contribution in [3.05, 3.63) is 70.2 Å². The molecular weight excluding hydrogens is 450 g/mol. The summed E-state index contributed by atoms with van der Waals surface area (Å²) in [5.41, 5.74) is 1.84. The second-order valence-corrected chi connectivity index (χ2v) is 10.4. The van der Waals surface area contributed by atoms with E-state index in [4.69, 9.17) is 11.6 Å². The van der Waals surface area contributed by atoms with Gasteiger partial charge in [0.05, 0.1) is 0 Å². The second-order valence-electron chi connectivity index (χ2n) is 10.00. The summed E-state index contributed by atoms with van der Waals surface area (Å²) in [7, 11) is 1.54. The van der Waals surface area contributed by atoms with Crippen LogP contribution in [0, 0.1) is 11.3 Å². The topological polar surface area (TPSA) is 78.5 Å². The molecule has 0 bridgehead atoms. The van der Waals surface area contributed by atoms with Crippen molar-refractivity contribution >= 4 is 29.3 Å². The quantitative estimate of drug-likeness (QED) is 0.635. The summed E-state index contributed by atoms with van der Waals surface area (Å²) >= 11 is 6.06. The molecule has 0 radical (unpaired) electrons. The number of amides is 3. The van der Waals surface area contributed by atoms with Crippen LogP contribution >= 0.6 is 11.6 Å². The van der Waals surface area contributed by atoms with Gasteiger partial charge in [-0.2, -0.15) is 0 Å². The van der Waals surface area contributed by atoms with E-state index in [-0.39, 0.29) is 29.1 Å². The third-order valence-electron chi connectivity index (χ3n) is 6.65. The first-order chi connectivity index (χ1) is 16.0. The lowest BCUT2D eigenvalue weighted by atomic mass is 9.70. The minimum absolute atomic E-state index is 0.0755. The number of rotatable bonds is 6. The minimum Gasteiger partial charge on any atom is -0.355 e. The summed E-state index contributed by atoms with van der Waals surface area (Å²) in [4.78, 5) is 40.3. The third-order valence-corrected chi connectivity index (χ3v) is 6.90. The smallest absolute Gasteiger partial charge is 0.251 e. The Morgan fingerprint density at radius 1 is 1.03 bits per heavy atom. The predicted octanol–water partition coefficient (Wildman–Crippen LogP) is 4.50. The van der Waals surface area contributed by atoms with Crippen molar-refractivity contribution in [3.8, 4) is 0 Å². The van der Waals surface area contributed by atoms with E-state index in [0.717, 1.165) is 6.42 Å². The lowest BCUT2D eigenvalue weighted by Crippen LogP contribution is -2.55. The Morgan fingerprint density at radius 2 is 1.65 bits per heavy atom. The van der Waals surface area contributed by atoms with E-state index >= 15 is 0 Å². The van der Waals surface area contributed by atoms with Crippen molar-refractivity contribution in [2.24, 2.45) is 11.3 Å². The number of benzene rings is 2. The number of likely N-dealkylation sites (tertiary alicyclic amines) is 1. The van der Waals surface area contributed by atoms with Gasteiger partial charge < -0.3 is 15.5 Å². The normalized spacial score (nSPS) is 18.3. The van der Waals surface area contributed by atoms with Crippen LogP contribution in [0.15, 0.2) is 48.5 Å². The average Bonchev–Trinajstić information content (AvgIpc) is 2.81. The predicted molar refractivity (Wildman–Crippen MR) is 135 cm³/mol. The molecule has 0 aromatic heterocycles. The van der Waals surface area contributed by atoms with Crippen LogP contribution in [0.2, 0.25) is 5.02 Å². The lowest BCUT2D eigenvalue weighted by molar-refractivity contribution is -0.137. The zero-order valence-corrected chi connectivity index (χ0v) is 21.3. The lowest BCUT2D eigenvalue weighted by Gasteiger charge is -2.45. The molecule has 1 heterocycles. The Balaban J connectivity index is 1.73. The highest BCUT2D eigenvalue weighted by Crippen LogP contribution is 2.42. The zero-order valence-electron chi connectivity index (χ0n) is 20.5. The van der Waals surface area contributed by atoms with Crippen molar-refractivity contribution in [2.45, 2.75) is 46.1 Å². The Morgan fingerprint density at radius 3 is 2.21 bits per heavy atom. The number of piperidine rings is 1. The van der Waals surface area contributed by atoms with Crippen LogP contribution in [-0.2, 0) is 4.79 Å². The first-order valence-electron chi connectivity index (χ1n) is 11.7. The highest BCUT2D eigenvalue weighted by atomic mass is 35.5. The molecule has 1 fully saturated rings. The number of nitrogens with one attached hydrogen (secondary N) is 2. The van der Waals surface area contributed by atoms with Crippen molar-refractivity contribution in [1.29, 1.82) is 0 Å². The SMILES string of the molecule is CNC(=O)c1cccc(C(=O)NC(C(=O)N2CCC(c3ccc(Cl)cc3)C(C)(C)C2)C(C)C)c1. The fourth-order valence-electron chi connectivity index (χ4n) is 4.74. The van der Waals surface area contributed by atoms with Crippen LogP contribution < -0.4 is 10.6 Å². The molecule has 0 saturated carbocycles. The van der Waals surface area contributed by atoms with Gasteiger partial charge in [-0.05, 0) is 59.6 Å². The van der Waals surface area contributed by atoms with E-state index < -0.39 is 6.04 Å². The van der Waals surface area contributed by atoms with E-state index in [9.17, 15) is 14.4 Å². The number of carbonyl (C=O) groups is 3. The maximum absolute atomic E-state index is 13.5. The van der Waals surface area contributed by atoms with Gasteiger partial charge in [0.1, 0.15) is 6.04 Å². The fourth-order valence-corrected chi connectivity index (χ4v) is 4.86. The molecule has 7 heteroatoms. The summed E-state index contributed by atoms with van der Waals surface area (Å²) in [6, 6.07) is 13.8. The summed E-state index contributed by atoms with van der Waals surface area (Å²) in [6.45, 7) is 9.44. The monoisotopic (exact) mass is 483 g/mol. The highest BCUT2D eigenvalue weighted by molar-refractivity contribution is 6.30. The first kappa shape index (κ1) is 25.8. The standard InChI is InChI=1S/C27H34ClN3O3/c1-17(2)23(30-25(33)20-8-6-7-19(15-20)24(32)29-5)26(34)31-14-13-22(27(3,4)16-31)18-9-11-21(28)12-10-18/h6-12,15,17,22-23H,13-14,16H2,1-5H3,(H,29,32)(H,30,33). The van der Waals surface area contributed by atoms with Crippen LogP contribution in [-0.4, -0.2) is 48.8 Å². The van der Waals surface area contributed by atoms with Crippen LogP contribution in [0.1, 0.15) is 66.3 Å². The Hall–Kier alpha value is -2.86. The maximum atomic E-state index is 13.5. The largest absolute Gasteiger partial charge is 0.355 e. The zero-order chi connectivity index (χ0) is 25.0. The molecule has 6 nitrogen and oxygen atoms in total. The van der Waals surface area contributed by atoms with E-state index in [1.165, 1.54) is 11.6 Å². The molecule has 1 saturated heterocycles. The number of nitrogens with zero attached hydrogens (tertiary/aromatic N) is 1. The van der Waals surface area contributed by atoms with Gasteiger partial charge in [-0.25, -0.2) is 0 Å². The Bertz CT molecular complexity index is 1050. The van der Waals surface area contributed by atoms with E-state index in [0.29, 0.717) is 35.2 Å². The number of carbonyl (C=O) groups excluding carboxylic acids is 3. The Labute approximate surface area is 207 Å². The number of hydrogen-bond donors (Lipinski definition) is 2. The molecular formula is C27H34ClN3O3. The average molecular weight is 484 g/mol. The third kappa shape index (κ3) is 5.79. The molecule has 2 atom stereocenters. The summed E-state index contributed by atoms with van der Waals surface area (Å²) in [5, 5.41) is 6.18. The molecule has 1 aliphatic heterocycles. The molecule has 34 heavy (non-hydrogen) atoms. The fraction of sp³-hybridized carbons (Fsp3) is 0.444. The van der Waals surface area contributed by atoms with Gasteiger partial charge >= 0.3 is 0 Å². The van der Waals surface area contributed by atoms with E-state index in [1.807, 2.05) is 30.9 Å². The van der Waals surface area contributed by atoms with Crippen LogP contribution in [0.3, 0.4) is 0 Å². The van der Waals surface area contributed by atoms with Gasteiger partial charge in [-0.15, -0.1) is 0 Å².